The number of carbonyl (C=O) groups excluding carboxylic acids is 1. The molecule has 0 spiro atoms. The summed E-state index contributed by atoms with van der Waals surface area (Å²) in [7, 11) is 1.65. The summed E-state index contributed by atoms with van der Waals surface area (Å²) in [6.07, 6.45) is 2.46. The Kier molecular flexibility index (Phi) is 6.71. The lowest BCUT2D eigenvalue weighted by Crippen LogP contribution is -2.27. The number of methoxy groups -OCH3 is 1. The number of aromatic nitrogens is 3. The zero-order chi connectivity index (χ0) is 19.9. The molecule has 0 fully saturated rings. The number of nitrogens with zero attached hydrogens (tertiary/aromatic N) is 3. The van der Waals surface area contributed by atoms with Crippen molar-refractivity contribution >= 4 is 17.7 Å². The van der Waals surface area contributed by atoms with Gasteiger partial charge in [-0.25, -0.2) is 0 Å². The average Bonchev–Trinajstić information content (AvgIpc) is 3.15. The molecule has 0 saturated carbocycles. The Morgan fingerprint density at radius 3 is 2.68 bits per heavy atom. The van der Waals surface area contributed by atoms with E-state index in [0.717, 1.165) is 29.0 Å². The van der Waals surface area contributed by atoms with Crippen LogP contribution < -0.4 is 10.1 Å². The maximum absolute atomic E-state index is 12.2. The number of hydrogen-bond acceptors (Lipinski definition) is 5. The van der Waals surface area contributed by atoms with Crippen LogP contribution in [-0.2, 0) is 11.2 Å². The van der Waals surface area contributed by atoms with Gasteiger partial charge in [-0.15, -0.1) is 10.2 Å². The van der Waals surface area contributed by atoms with Gasteiger partial charge in [-0.1, -0.05) is 41.6 Å². The van der Waals surface area contributed by atoms with E-state index >= 15 is 0 Å². The van der Waals surface area contributed by atoms with Gasteiger partial charge >= 0.3 is 0 Å². The lowest BCUT2D eigenvalue weighted by Gasteiger charge is -2.10. The van der Waals surface area contributed by atoms with Crippen molar-refractivity contribution in [2.45, 2.75) is 25.4 Å². The monoisotopic (exact) mass is 396 g/mol. The van der Waals surface area contributed by atoms with Crippen LogP contribution in [0.5, 0.6) is 5.75 Å². The molecule has 1 amide bonds. The van der Waals surface area contributed by atoms with Crippen molar-refractivity contribution in [1.82, 2.24) is 20.1 Å². The Morgan fingerprint density at radius 2 is 1.96 bits per heavy atom. The van der Waals surface area contributed by atoms with Gasteiger partial charge in [0.05, 0.1) is 18.6 Å². The zero-order valence-corrected chi connectivity index (χ0v) is 17.1. The second-order valence-electron chi connectivity index (χ2n) is 6.51. The third kappa shape index (κ3) is 5.13. The molecule has 1 N–H and O–H groups in total. The van der Waals surface area contributed by atoms with Gasteiger partial charge in [-0.05, 0) is 49.6 Å². The third-order valence-electron chi connectivity index (χ3n) is 4.36. The number of carbonyl (C=O) groups is 1. The summed E-state index contributed by atoms with van der Waals surface area (Å²) in [5.74, 6) is 1.11. The van der Waals surface area contributed by atoms with Gasteiger partial charge in [0.25, 0.3) is 0 Å². The minimum atomic E-state index is -0.0197. The topological polar surface area (TPSA) is 69.0 Å². The maximum Gasteiger partial charge on any atom is 0.230 e. The van der Waals surface area contributed by atoms with Crippen LogP contribution in [0.15, 0.2) is 53.9 Å². The van der Waals surface area contributed by atoms with Crippen molar-refractivity contribution in [3.8, 4) is 11.4 Å². The molecule has 1 heterocycles. The summed E-state index contributed by atoms with van der Waals surface area (Å²) in [6, 6.07) is 14.1. The number of amides is 1. The van der Waals surface area contributed by atoms with E-state index in [4.69, 9.17) is 4.74 Å². The predicted octanol–water partition coefficient (Wildman–Crippen LogP) is 3.34. The van der Waals surface area contributed by atoms with Gasteiger partial charge in [0.2, 0.25) is 5.91 Å². The molecule has 2 aromatic carbocycles. The fourth-order valence-electron chi connectivity index (χ4n) is 2.88. The SMILES string of the molecule is COc1ccc(CCNC(=O)CSc2nncn2-c2ccc(C)cc2C)cc1. The lowest BCUT2D eigenvalue weighted by molar-refractivity contribution is -0.118. The van der Waals surface area contributed by atoms with Gasteiger partial charge in [-0.2, -0.15) is 0 Å². The summed E-state index contributed by atoms with van der Waals surface area (Å²) < 4.78 is 7.07. The number of nitrogens with one attached hydrogen (secondary N) is 1. The highest BCUT2D eigenvalue weighted by Crippen LogP contribution is 2.22. The Hall–Kier alpha value is -2.80. The molecule has 28 heavy (non-hydrogen) atoms. The van der Waals surface area contributed by atoms with E-state index < -0.39 is 0 Å². The molecule has 0 bridgehead atoms. The van der Waals surface area contributed by atoms with E-state index in [1.54, 1.807) is 13.4 Å². The van der Waals surface area contributed by atoms with Crippen LogP contribution in [0.25, 0.3) is 5.69 Å². The Bertz CT molecular complexity index is 938. The van der Waals surface area contributed by atoms with Gasteiger partial charge < -0.3 is 10.1 Å². The van der Waals surface area contributed by atoms with Crippen molar-refractivity contribution in [2.75, 3.05) is 19.4 Å². The standard InChI is InChI=1S/C21H24N4O2S/c1-15-4-9-19(16(2)12-15)25-14-23-24-21(25)28-13-20(26)22-11-10-17-5-7-18(27-3)8-6-17/h4-9,12,14H,10-11,13H2,1-3H3,(H,22,26). The lowest BCUT2D eigenvalue weighted by atomic mass is 10.1. The second kappa shape index (κ2) is 9.41. The molecule has 6 nitrogen and oxygen atoms in total. The Balaban J connectivity index is 1.50. The molecular weight excluding hydrogens is 372 g/mol. The van der Waals surface area contributed by atoms with E-state index in [1.807, 2.05) is 34.9 Å². The first-order valence-electron chi connectivity index (χ1n) is 9.07. The molecule has 0 radical (unpaired) electrons. The highest BCUT2D eigenvalue weighted by Gasteiger charge is 2.11. The quantitative estimate of drug-likeness (QED) is 0.592. The van der Waals surface area contributed by atoms with E-state index in [9.17, 15) is 4.79 Å². The highest BCUT2D eigenvalue weighted by molar-refractivity contribution is 7.99. The van der Waals surface area contributed by atoms with E-state index in [2.05, 4.69) is 41.5 Å². The summed E-state index contributed by atoms with van der Waals surface area (Å²) in [4.78, 5) is 12.2. The number of ether oxygens (including phenoxy) is 1. The molecule has 0 unspecified atom stereocenters. The van der Waals surface area contributed by atoms with Crippen LogP contribution >= 0.6 is 11.8 Å². The smallest absolute Gasteiger partial charge is 0.230 e. The molecule has 1 aromatic heterocycles. The van der Waals surface area contributed by atoms with Crippen LogP contribution in [-0.4, -0.2) is 40.1 Å². The highest BCUT2D eigenvalue weighted by atomic mass is 32.2. The zero-order valence-electron chi connectivity index (χ0n) is 16.3. The van der Waals surface area contributed by atoms with Crippen LogP contribution in [0.1, 0.15) is 16.7 Å². The molecule has 7 heteroatoms. The van der Waals surface area contributed by atoms with E-state index in [0.29, 0.717) is 17.5 Å². The van der Waals surface area contributed by atoms with Crippen LogP contribution in [0.4, 0.5) is 0 Å². The fraction of sp³-hybridized carbons (Fsp3) is 0.286. The summed E-state index contributed by atoms with van der Waals surface area (Å²) in [5.41, 5.74) is 4.53. The normalized spacial score (nSPS) is 10.7. The molecule has 0 saturated heterocycles. The number of benzene rings is 2. The average molecular weight is 397 g/mol. The van der Waals surface area contributed by atoms with Crippen molar-refractivity contribution in [1.29, 1.82) is 0 Å². The molecule has 0 aliphatic carbocycles. The molecule has 3 aromatic rings. The molecule has 3 rings (SSSR count). The number of thioether (sulfide) groups is 1. The van der Waals surface area contributed by atoms with Crippen molar-refractivity contribution in [3.05, 3.63) is 65.5 Å². The summed E-state index contributed by atoms with van der Waals surface area (Å²) >= 11 is 1.38. The van der Waals surface area contributed by atoms with Gasteiger partial charge in [0.1, 0.15) is 12.1 Å². The van der Waals surface area contributed by atoms with Crippen LogP contribution in [0, 0.1) is 13.8 Å². The first kappa shape index (κ1) is 19.9. The van der Waals surface area contributed by atoms with Crippen molar-refractivity contribution in [2.24, 2.45) is 0 Å². The summed E-state index contributed by atoms with van der Waals surface area (Å²) in [5, 5.41) is 11.8. The first-order chi connectivity index (χ1) is 13.6. The van der Waals surface area contributed by atoms with Gasteiger partial charge in [0, 0.05) is 6.54 Å². The molecule has 0 aliphatic heterocycles. The second-order valence-corrected chi connectivity index (χ2v) is 7.45. The molecular formula is C21H24N4O2S. The number of rotatable bonds is 8. The van der Waals surface area contributed by atoms with Crippen molar-refractivity contribution in [3.63, 3.8) is 0 Å². The van der Waals surface area contributed by atoms with Crippen LogP contribution in [0.2, 0.25) is 0 Å². The maximum atomic E-state index is 12.2. The fourth-order valence-corrected chi connectivity index (χ4v) is 3.64. The number of aryl methyl sites for hydroxylation is 2. The Morgan fingerprint density at radius 1 is 1.18 bits per heavy atom. The van der Waals surface area contributed by atoms with Crippen molar-refractivity contribution < 1.29 is 9.53 Å². The molecule has 0 aliphatic rings. The Labute approximate surface area is 169 Å². The minimum absolute atomic E-state index is 0.0197. The third-order valence-corrected chi connectivity index (χ3v) is 5.30. The number of hydrogen-bond donors (Lipinski definition) is 1. The molecule has 146 valence electrons. The van der Waals surface area contributed by atoms with Gasteiger partial charge in [0.15, 0.2) is 5.16 Å². The van der Waals surface area contributed by atoms with Crippen LogP contribution in [0.3, 0.4) is 0 Å². The van der Waals surface area contributed by atoms with Gasteiger partial charge in [-0.3, -0.25) is 9.36 Å². The van der Waals surface area contributed by atoms with E-state index in [1.165, 1.54) is 17.3 Å². The first-order valence-corrected chi connectivity index (χ1v) is 10.1. The minimum Gasteiger partial charge on any atom is -0.497 e. The summed E-state index contributed by atoms with van der Waals surface area (Å²) in [6.45, 7) is 4.72. The predicted molar refractivity (Wildman–Crippen MR) is 111 cm³/mol. The largest absolute Gasteiger partial charge is 0.497 e. The molecule has 0 atom stereocenters. The van der Waals surface area contributed by atoms with E-state index in [-0.39, 0.29) is 5.91 Å².